The minimum absolute atomic E-state index is 0.00952. The van der Waals surface area contributed by atoms with Crippen LogP contribution in [0.2, 0.25) is 0 Å². The number of ketones is 1. The lowest BCUT2D eigenvalue weighted by molar-refractivity contribution is -0.120. The Labute approximate surface area is 204 Å². The van der Waals surface area contributed by atoms with Gasteiger partial charge in [-0.1, -0.05) is 48.9 Å². The minimum atomic E-state index is -3.59. The Hall–Kier alpha value is -3.36. The van der Waals surface area contributed by atoms with Crippen LogP contribution in [0.15, 0.2) is 83.8 Å². The number of halogens is 1. The molecule has 3 aromatic carbocycles. The lowest BCUT2D eigenvalue weighted by Crippen LogP contribution is -2.43. The summed E-state index contributed by atoms with van der Waals surface area (Å²) >= 11 is 0. The first-order chi connectivity index (χ1) is 16.8. The number of benzene rings is 3. The molecule has 0 spiro atoms. The molecule has 0 heterocycles. The summed E-state index contributed by atoms with van der Waals surface area (Å²) in [6, 6.07) is 19.9. The van der Waals surface area contributed by atoms with Crippen molar-refractivity contribution in [1.82, 2.24) is 10.0 Å². The van der Waals surface area contributed by atoms with E-state index in [9.17, 15) is 22.4 Å². The van der Waals surface area contributed by atoms with Gasteiger partial charge in [-0.25, -0.2) is 17.5 Å². The first-order valence-electron chi connectivity index (χ1n) is 11.5. The SMILES string of the molecule is O=C(N[C@@H](Cc1ccccc1)C(=O)Cc1ccc(S(=O)(=O)NC2CCC2)cc1)c1ccc(F)cc1. The van der Waals surface area contributed by atoms with Crippen molar-refractivity contribution in [3.05, 3.63) is 101 Å². The normalized spacial score (nSPS) is 14.7. The van der Waals surface area contributed by atoms with Crippen molar-refractivity contribution in [2.45, 2.75) is 49.1 Å². The predicted molar refractivity (Wildman–Crippen MR) is 131 cm³/mol. The van der Waals surface area contributed by atoms with E-state index in [0.29, 0.717) is 12.0 Å². The maximum Gasteiger partial charge on any atom is 0.251 e. The molecule has 1 aliphatic carbocycles. The van der Waals surface area contributed by atoms with Crippen molar-refractivity contribution < 1.29 is 22.4 Å². The molecule has 1 aliphatic rings. The van der Waals surface area contributed by atoms with Crippen LogP contribution in [-0.4, -0.2) is 32.2 Å². The Morgan fingerprint density at radius 3 is 2.14 bits per heavy atom. The second-order valence-electron chi connectivity index (χ2n) is 8.76. The average molecular weight is 495 g/mol. The number of carbonyl (C=O) groups excluding carboxylic acids is 2. The fourth-order valence-electron chi connectivity index (χ4n) is 3.86. The molecule has 2 N–H and O–H groups in total. The largest absolute Gasteiger partial charge is 0.342 e. The molecule has 35 heavy (non-hydrogen) atoms. The van der Waals surface area contributed by atoms with E-state index in [1.807, 2.05) is 30.3 Å². The van der Waals surface area contributed by atoms with E-state index in [-0.39, 0.29) is 28.7 Å². The number of hydrogen-bond acceptors (Lipinski definition) is 4. The third kappa shape index (κ3) is 6.61. The van der Waals surface area contributed by atoms with Crippen molar-refractivity contribution in [1.29, 1.82) is 0 Å². The quantitative estimate of drug-likeness (QED) is 0.448. The first kappa shape index (κ1) is 24.8. The van der Waals surface area contributed by atoms with Crippen LogP contribution >= 0.6 is 0 Å². The minimum Gasteiger partial charge on any atom is -0.342 e. The van der Waals surface area contributed by atoms with Crippen LogP contribution in [0.1, 0.15) is 40.7 Å². The second-order valence-corrected chi connectivity index (χ2v) is 10.5. The monoisotopic (exact) mass is 494 g/mol. The lowest BCUT2D eigenvalue weighted by atomic mass is 9.94. The molecule has 0 aliphatic heterocycles. The fraction of sp³-hybridized carbons (Fsp3) is 0.259. The first-order valence-corrected chi connectivity index (χ1v) is 13.0. The van der Waals surface area contributed by atoms with Crippen LogP contribution in [0.3, 0.4) is 0 Å². The molecule has 182 valence electrons. The smallest absolute Gasteiger partial charge is 0.251 e. The summed E-state index contributed by atoms with van der Waals surface area (Å²) in [5.41, 5.74) is 1.78. The highest BCUT2D eigenvalue weighted by Crippen LogP contribution is 2.21. The molecule has 0 saturated heterocycles. The summed E-state index contributed by atoms with van der Waals surface area (Å²) in [4.78, 5) is 26.1. The summed E-state index contributed by atoms with van der Waals surface area (Å²) in [5, 5.41) is 2.77. The zero-order chi connectivity index (χ0) is 24.8. The zero-order valence-electron chi connectivity index (χ0n) is 19.1. The van der Waals surface area contributed by atoms with E-state index in [1.165, 1.54) is 36.4 Å². The van der Waals surface area contributed by atoms with Crippen LogP contribution in [-0.2, 0) is 27.7 Å². The maximum atomic E-state index is 13.2. The summed E-state index contributed by atoms with van der Waals surface area (Å²) in [6.07, 6.45) is 3.04. The third-order valence-electron chi connectivity index (χ3n) is 6.12. The van der Waals surface area contributed by atoms with Gasteiger partial charge >= 0.3 is 0 Å². The summed E-state index contributed by atoms with van der Waals surface area (Å²) < 4.78 is 40.9. The van der Waals surface area contributed by atoms with E-state index in [4.69, 9.17) is 0 Å². The molecule has 1 fully saturated rings. The Balaban J connectivity index is 1.47. The van der Waals surface area contributed by atoms with Crippen molar-refractivity contribution >= 4 is 21.7 Å². The number of hydrogen-bond donors (Lipinski definition) is 2. The van der Waals surface area contributed by atoms with Gasteiger partial charge in [-0.15, -0.1) is 0 Å². The second kappa shape index (κ2) is 10.9. The van der Waals surface area contributed by atoms with Gasteiger partial charge in [0.25, 0.3) is 5.91 Å². The van der Waals surface area contributed by atoms with Gasteiger partial charge in [-0.2, -0.15) is 0 Å². The van der Waals surface area contributed by atoms with Crippen LogP contribution in [0.25, 0.3) is 0 Å². The molecule has 0 radical (unpaired) electrons. The maximum absolute atomic E-state index is 13.2. The number of rotatable bonds is 10. The molecule has 0 unspecified atom stereocenters. The third-order valence-corrected chi connectivity index (χ3v) is 7.66. The molecule has 6 nitrogen and oxygen atoms in total. The molecule has 1 amide bonds. The summed E-state index contributed by atoms with van der Waals surface area (Å²) in [6.45, 7) is 0. The van der Waals surface area contributed by atoms with Crippen LogP contribution < -0.4 is 10.0 Å². The Morgan fingerprint density at radius 1 is 0.886 bits per heavy atom. The Kier molecular flexibility index (Phi) is 7.73. The van der Waals surface area contributed by atoms with Gasteiger partial charge in [0.2, 0.25) is 10.0 Å². The van der Waals surface area contributed by atoms with Crippen molar-refractivity contribution in [2.24, 2.45) is 0 Å². The van der Waals surface area contributed by atoms with Gasteiger partial charge in [0.1, 0.15) is 5.82 Å². The fourth-order valence-corrected chi connectivity index (χ4v) is 5.17. The lowest BCUT2D eigenvalue weighted by Gasteiger charge is -2.26. The van der Waals surface area contributed by atoms with Gasteiger partial charge in [0.15, 0.2) is 5.78 Å². The predicted octanol–water partition coefficient (Wildman–Crippen LogP) is 3.81. The van der Waals surface area contributed by atoms with Gasteiger partial charge in [-0.3, -0.25) is 9.59 Å². The van der Waals surface area contributed by atoms with Crippen molar-refractivity contribution in [2.75, 3.05) is 0 Å². The molecule has 3 aromatic rings. The van der Waals surface area contributed by atoms with E-state index >= 15 is 0 Å². The molecule has 8 heteroatoms. The van der Waals surface area contributed by atoms with Crippen LogP contribution in [0.5, 0.6) is 0 Å². The van der Waals surface area contributed by atoms with Gasteiger partial charge in [0, 0.05) is 18.0 Å². The van der Waals surface area contributed by atoms with Gasteiger partial charge in [0.05, 0.1) is 10.9 Å². The van der Waals surface area contributed by atoms with E-state index in [1.54, 1.807) is 12.1 Å². The standard InChI is InChI=1S/C27H27FN2O4S/c28-22-13-11-21(12-14-22)27(32)29-25(17-19-5-2-1-3-6-19)26(31)18-20-9-15-24(16-10-20)35(33,34)30-23-7-4-8-23/h1-3,5-6,9-16,23,25,30H,4,7-8,17-18H2,(H,29,32)/t25-/m0/s1. The Morgan fingerprint density at radius 2 is 1.54 bits per heavy atom. The van der Waals surface area contributed by atoms with E-state index in [2.05, 4.69) is 10.0 Å². The van der Waals surface area contributed by atoms with Crippen molar-refractivity contribution in [3.8, 4) is 0 Å². The molecular weight excluding hydrogens is 467 g/mol. The van der Waals surface area contributed by atoms with Crippen LogP contribution in [0.4, 0.5) is 4.39 Å². The van der Waals surface area contributed by atoms with E-state index < -0.39 is 27.8 Å². The molecule has 0 aromatic heterocycles. The molecule has 0 bridgehead atoms. The summed E-state index contributed by atoms with van der Waals surface area (Å²) in [5.74, 6) is -1.14. The van der Waals surface area contributed by atoms with E-state index in [0.717, 1.165) is 24.8 Å². The molecule has 4 rings (SSSR count). The zero-order valence-corrected chi connectivity index (χ0v) is 19.9. The summed E-state index contributed by atoms with van der Waals surface area (Å²) in [7, 11) is -3.59. The number of carbonyl (C=O) groups is 2. The van der Waals surface area contributed by atoms with Gasteiger partial charge < -0.3 is 5.32 Å². The molecule has 1 atom stereocenters. The van der Waals surface area contributed by atoms with Crippen LogP contribution in [0, 0.1) is 5.82 Å². The number of Topliss-reactive ketones (excluding diaryl/α,β-unsaturated/α-hetero) is 1. The number of sulfonamides is 1. The highest BCUT2D eigenvalue weighted by atomic mass is 32.2. The Bertz CT molecular complexity index is 1270. The number of amides is 1. The highest BCUT2D eigenvalue weighted by molar-refractivity contribution is 7.89. The highest BCUT2D eigenvalue weighted by Gasteiger charge is 2.25. The number of nitrogens with one attached hydrogen (secondary N) is 2. The molecular formula is C27H27FN2O4S. The molecule has 1 saturated carbocycles. The topological polar surface area (TPSA) is 92.3 Å². The van der Waals surface area contributed by atoms with Gasteiger partial charge in [-0.05, 0) is 66.8 Å². The van der Waals surface area contributed by atoms with Crippen molar-refractivity contribution in [3.63, 3.8) is 0 Å². The average Bonchev–Trinajstić information content (AvgIpc) is 2.82.